The predicted molar refractivity (Wildman–Crippen MR) is 137 cm³/mol. The Balaban J connectivity index is 1.55. The first-order valence-electron chi connectivity index (χ1n) is 10.4. The molecule has 1 N–H and O–H groups in total. The first kappa shape index (κ1) is 21.2. The summed E-state index contributed by atoms with van der Waals surface area (Å²) < 4.78 is 4.80. The largest absolute Gasteiger partial charge is 0.477 e. The summed E-state index contributed by atoms with van der Waals surface area (Å²) in [6, 6.07) is 12.8. The van der Waals surface area contributed by atoms with Gasteiger partial charge in [-0.2, -0.15) is 5.26 Å². The van der Waals surface area contributed by atoms with Gasteiger partial charge in [-0.15, -0.1) is 34.0 Å². The van der Waals surface area contributed by atoms with Crippen LogP contribution in [0.15, 0.2) is 35.9 Å². The van der Waals surface area contributed by atoms with E-state index in [9.17, 15) is 4.79 Å². The van der Waals surface area contributed by atoms with E-state index in [2.05, 4.69) is 57.0 Å². The van der Waals surface area contributed by atoms with Crippen LogP contribution in [0.4, 0.5) is 5.69 Å². The summed E-state index contributed by atoms with van der Waals surface area (Å²) in [6.45, 7) is 6.93. The number of hydrogen-bond acceptors (Lipinski definition) is 6. The van der Waals surface area contributed by atoms with Crippen LogP contribution < -0.4 is 4.90 Å². The van der Waals surface area contributed by atoms with Crippen LogP contribution in [0, 0.1) is 11.3 Å². The lowest BCUT2D eigenvalue weighted by molar-refractivity contribution is -0.132. The molecular formula is C25H22N2O2S3. The number of aliphatic carboxylic acids is 1. The molecule has 1 aliphatic rings. The molecule has 4 heterocycles. The average Bonchev–Trinajstić information content (AvgIpc) is 3.40. The summed E-state index contributed by atoms with van der Waals surface area (Å²) in [4.78, 5) is 15.6. The van der Waals surface area contributed by atoms with Gasteiger partial charge in [0, 0.05) is 37.4 Å². The minimum atomic E-state index is -1.19. The fourth-order valence-electron chi connectivity index (χ4n) is 4.58. The van der Waals surface area contributed by atoms with Crippen molar-refractivity contribution in [1.29, 1.82) is 5.26 Å². The van der Waals surface area contributed by atoms with Gasteiger partial charge in [0.15, 0.2) is 0 Å². The van der Waals surface area contributed by atoms with Gasteiger partial charge in [-0.25, -0.2) is 4.79 Å². The van der Waals surface area contributed by atoms with Crippen molar-refractivity contribution in [3.8, 4) is 16.5 Å². The first-order chi connectivity index (χ1) is 15.2. The van der Waals surface area contributed by atoms with Gasteiger partial charge in [0.05, 0.1) is 9.40 Å². The lowest BCUT2D eigenvalue weighted by Gasteiger charge is -2.45. The average molecular weight is 479 g/mol. The van der Waals surface area contributed by atoms with Gasteiger partial charge in [-0.3, -0.25) is 0 Å². The molecule has 5 rings (SSSR count). The number of carboxylic acid groups (broad SMARTS) is 1. The summed E-state index contributed by atoms with van der Waals surface area (Å²) in [7, 11) is 2.19. The molecule has 0 bridgehead atoms. The highest BCUT2D eigenvalue weighted by atomic mass is 32.1. The number of rotatable bonds is 3. The third-order valence-corrected chi connectivity index (χ3v) is 10.2. The third-order valence-electron chi connectivity index (χ3n) is 6.40. The Kier molecular flexibility index (Phi) is 4.93. The number of carboxylic acids is 1. The topological polar surface area (TPSA) is 64.3 Å². The highest BCUT2D eigenvalue weighted by Gasteiger charge is 2.34. The molecular weight excluding hydrogens is 456 g/mol. The number of nitriles is 1. The minimum Gasteiger partial charge on any atom is -0.477 e. The predicted octanol–water partition coefficient (Wildman–Crippen LogP) is 7.56. The molecule has 1 atom stereocenters. The molecule has 1 unspecified atom stereocenters. The van der Waals surface area contributed by atoms with Crippen molar-refractivity contribution >= 4 is 70.5 Å². The van der Waals surface area contributed by atoms with Gasteiger partial charge in [-0.1, -0.05) is 13.0 Å². The smallest absolute Gasteiger partial charge is 0.346 e. The van der Waals surface area contributed by atoms with E-state index in [1.807, 2.05) is 6.07 Å². The van der Waals surface area contributed by atoms with E-state index in [1.165, 1.54) is 41.9 Å². The Morgan fingerprint density at radius 1 is 1.19 bits per heavy atom. The zero-order valence-electron chi connectivity index (χ0n) is 18.2. The molecule has 0 spiro atoms. The van der Waals surface area contributed by atoms with E-state index in [0.717, 1.165) is 16.0 Å². The highest BCUT2D eigenvalue weighted by Crippen LogP contribution is 2.48. The summed E-state index contributed by atoms with van der Waals surface area (Å²) in [5.74, 6) is -0.678. The summed E-state index contributed by atoms with van der Waals surface area (Å²) >= 11 is 5.06. The molecule has 1 aromatic carbocycles. The number of nitrogens with zero attached hydrogens (tertiary/aromatic N) is 2. The van der Waals surface area contributed by atoms with Crippen molar-refractivity contribution in [2.45, 2.75) is 38.6 Å². The van der Waals surface area contributed by atoms with Crippen LogP contribution in [0.3, 0.4) is 0 Å². The van der Waals surface area contributed by atoms with Crippen LogP contribution >= 0.6 is 34.0 Å². The van der Waals surface area contributed by atoms with Crippen molar-refractivity contribution < 1.29 is 9.90 Å². The standard InChI is InChI=1S/C25H22N2O2S3/c1-13-11-25(2,3)27(4)18-6-5-14(8-17(13)18)19-10-21-23(32-19)22-20(31-21)9-16(30-22)7-15(12-26)24(28)29/h5-10,13H,11H2,1-4H3,(H,28,29)/b15-7+. The van der Waals surface area contributed by atoms with Gasteiger partial charge in [0.1, 0.15) is 11.6 Å². The monoisotopic (exact) mass is 478 g/mol. The molecule has 4 nitrogen and oxygen atoms in total. The van der Waals surface area contributed by atoms with Crippen molar-refractivity contribution in [2.24, 2.45) is 0 Å². The van der Waals surface area contributed by atoms with E-state index in [0.29, 0.717) is 5.92 Å². The van der Waals surface area contributed by atoms with E-state index < -0.39 is 5.97 Å². The molecule has 3 aromatic heterocycles. The van der Waals surface area contributed by atoms with Crippen LogP contribution in [0.5, 0.6) is 0 Å². The molecule has 0 amide bonds. The Bertz CT molecular complexity index is 1460. The fourth-order valence-corrected chi connectivity index (χ4v) is 8.55. The van der Waals surface area contributed by atoms with Gasteiger partial charge in [0.25, 0.3) is 0 Å². The second-order valence-electron chi connectivity index (χ2n) is 8.97. The zero-order chi connectivity index (χ0) is 22.8. The van der Waals surface area contributed by atoms with Gasteiger partial charge >= 0.3 is 5.97 Å². The number of anilines is 1. The Hall–Kier alpha value is -2.66. The molecule has 0 fully saturated rings. The van der Waals surface area contributed by atoms with Gasteiger partial charge in [0.2, 0.25) is 0 Å². The van der Waals surface area contributed by atoms with Crippen molar-refractivity contribution in [3.63, 3.8) is 0 Å². The second kappa shape index (κ2) is 7.45. The summed E-state index contributed by atoms with van der Waals surface area (Å²) in [5, 5.41) is 18.2. The molecule has 0 aliphatic carbocycles. The number of hydrogen-bond donors (Lipinski definition) is 1. The van der Waals surface area contributed by atoms with Crippen LogP contribution in [0.25, 0.3) is 35.3 Å². The van der Waals surface area contributed by atoms with Crippen molar-refractivity contribution in [3.05, 3.63) is 46.3 Å². The fraction of sp³-hybridized carbons (Fsp3) is 0.280. The number of carbonyl (C=O) groups is 1. The van der Waals surface area contributed by atoms with Crippen molar-refractivity contribution in [1.82, 2.24) is 0 Å². The Labute approximate surface area is 198 Å². The highest BCUT2D eigenvalue weighted by molar-refractivity contribution is 7.39. The van der Waals surface area contributed by atoms with Gasteiger partial charge in [-0.05, 0) is 67.7 Å². The van der Waals surface area contributed by atoms with Crippen LogP contribution in [-0.4, -0.2) is 23.7 Å². The zero-order valence-corrected chi connectivity index (χ0v) is 20.7. The molecule has 0 saturated heterocycles. The summed E-state index contributed by atoms with van der Waals surface area (Å²) in [6.07, 6.45) is 2.59. The first-order valence-corrected chi connectivity index (χ1v) is 12.8. The van der Waals surface area contributed by atoms with E-state index in [4.69, 9.17) is 10.4 Å². The maximum absolute atomic E-state index is 11.2. The van der Waals surface area contributed by atoms with Crippen molar-refractivity contribution in [2.75, 3.05) is 11.9 Å². The summed E-state index contributed by atoms with van der Waals surface area (Å²) in [5.41, 5.74) is 3.90. The lowest BCUT2D eigenvalue weighted by Crippen LogP contribution is -2.45. The Morgan fingerprint density at radius 2 is 1.91 bits per heavy atom. The van der Waals surface area contributed by atoms with Gasteiger partial charge < -0.3 is 10.0 Å². The maximum Gasteiger partial charge on any atom is 0.346 e. The second-order valence-corrected chi connectivity index (χ2v) is 12.2. The molecule has 4 aromatic rings. The third kappa shape index (κ3) is 3.34. The number of fused-ring (bicyclic) bond motifs is 4. The number of benzene rings is 1. The molecule has 1 aliphatic heterocycles. The molecule has 162 valence electrons. The normalized spacial score (nSPS) is 18.2. The maximum atomic E-state index is 11.2. The molecule has 7 heteroatoms. The van der Waals surface area contributed by atoms with Crippen LogP contribution in [0.1, 0.15) is 43.6 Å². The lowest BCUT2D eigenvalue weighted by atomic mass is 9.80. The molecule has 0 saturated carbocycles. The van der Waals surface area contributed by atoms with Crippen LogP contribution in [0.2, 0.25) is 0 Å². The number of thiophene rings is 3. The Morgan fingerprint density at radius 3 is 2.62 bits per heavy atom. The van der Waals surface area contributed by atoms with E-state index >= 15 is 0 Å². The SMILES string of the molecule is CC1CC(C)(C)N(C)c2ccc(-c3cc4sc5cc(/C=C(\C#N)C(=O)O)sc5c4s3)cc21. The van der Waals surface area contributed by atoms with Crippen LogP contribution in [-0.2, 0) is 4.79 Å². The molecule has 32 heavy (non-hydrogen) atoms. The van der Waals surface area contributed by atoms with E-state index in [1.54, 1.807) is 40.1 Å². The molecule has 0 radical (unpaired) electrons. The van der Waals surface area contributed by atoms with E-state index in [-0.39, 0.29) is 11.1 Å². The minimum absolute atomic E-state index is 0.155. The quantitative estimate of drug-likeness (QED) is 0.244.